The molecule has 0 atom stereocenters. The molecule has 0 radical (unpaired) electrons. The number of benzene rings is 2. The Morgan fingerprint density at radius 2 is 1.34 bits per heavy atom. The largest absolute Gasteiger partial charge is 0.429 e. The van der Waals surface area contributed by atoms with Crippen molar-refractivity contribution in [1.82, 2.24) is 0 Å². The van der Waals surface area contributed by atoms with Crippen molar-refractivity contribution < 1.29 is 46.1 Å². The number of alkyl halides is 2. The summed E-state index contributed by atoms with van der Waals surface area (Å²) < 4.78 is 138. The van der Waals surface area contributed by atoms with Gasteiger partial charge >= 0.3 is 16.3 Å². The Morgan fingerprint density at radius 3 is 1.81 bits per heavy atom. The van der Waals surface area contributed by atoms with Gasteiger partial charge in [-0.2, -0.15) is 8.78 Å². The third kappa shape index (κ3) is 5.26. The van der Waals surface area contributed by atoms with Gasteiger partial charge in [0.25, 0.3) is 0 Å². The molecule has 180 valence electrons. The van der Waals surface area contributed by atoms with Gasteiger partial charge in [0, 0.05) is 12.1 Å². The summed E-state index contributed by atoms with van der Waals surface area (Å²) >= 11 is 0. The summed E-state index contributed by atoms with van der Waals surface area (Å²) in [7, 11) is -10.8. The van der Waals surface area contributed by atoms with E-state index < -0.39 is 62.1 Å². The summed E-state index contributed by atoms with van der Waals surface area (Å²) in [6.45, 7) is 2.06. The Labute approximate surface area is 177 Å². The maximum atomic E-state index is 14.4. The number of hydrogen-bond donors (Lipinski definition) is 0. The van der Waals surface area contributed by atoms with Crippen LogP contribution in [0.1, 0.15) is 49.7 Å². The first kappa shape index (κ1) is 24.5. The van der Waals surface area contributed by atoms with E-state index >= 15 is 0 Å². The topological polar surface area (TPSA) is 9.23 Å². The van der Waals surface area contributed by atoms with E-state index in [2.05, 4.69) is 11.7 Å². The average molecular weight is 496 g/mol. The van der Waals surface area contributed by atoms with Crippen molar-refractivity contribution in [2.24, 2.45) is 5.92 Å². The van der Waals surface area contributed by atoms with Crippen molar-refractivity contribution in [3.8, 4) is 5.75 Å². The van der Waals surface area contributed by atoms with E-state index in [9.17, 15) is 41.4 Å². The van der Waals surface area contributed by atoms with E-state index in [4.69, 9.17) is 0 Å². The molecule has 0 bridgehead atoms. The molecular formula is C20H18F10OS. The molecule has 1 fully saturated rings. The lowest BCUT2D eigenvalue weighted by Gasteiger charge is -2.40. The monoisotopic (exact) mass is 496 g/mol. The van der Waals surface area contributed by atoms with Crippen LogP contribution in [0.5, 0.6) is 5.75 Å². The van der Waals surface area contributed by atoms with Crippen molar-refractivity contribution in [2.45, 2.75) is 49.5 Å². The molecule has 12 heteroatoms. The lowest BCUT2D eigenvalue weighted by molar-refractivity contribution is -0.187. The van der Waals surface area contributed by atoms with Crippen LogP contribution in [0.4, 0.5) is 41.4 Å². The van der Waals surface area contributed by atoms with Gasteiger partial charge in [0.05, 0.1) is 5.56 Å². The molecule has 0 unspecified atom stereocenters. The zero-order valence-electron chi connectivity index (χ0n) is 16.5. The molecule has 0 aromatic heterocycles. The second-order valence-corrected chi connectivity index (χ2v) is 10.3. The highest BCUT2D eigenvalue weighted by atomic mass is 32.5. The van der Waals surface area contributed by atoms with Crippen molar-refractivity contribution in [3.63, 3.8) is 0 Å². The molecule has 1 nitrogen and oxygen atoms in total. The third-order valence-corrected chi connectivity index (χ3v) is 6.56. The first-order valence-corrected chi connectivity index (χ1v) is 11.4. The van der Waals surface area contributed by atoms with Crippen LogP contribution >= 0.6 is 10.2 Å². The highest BCUT2D eigenvalue weighted by Gasteiger charge is 2.69. The molecule has 0 saturated heterocycles. The fourth-order valence-corrected chi connectivity index (χ4v) is 4.64. The molecule has 1 aliphatic rings. The van der Waals surface area contributed by atoms with Gasteiger partial charge in [-0.05, 0) is 42.4 Å². The van der Waals surface area contributed by atoms with E-state index in [1.807, 2.05) is 0 Å². The van der Waals surface area contributed by atoms with Crippen LogP contribution < -0.4 is 4.74 Å². The molecule has 0 spiro atoms. The minimum absolute atomic E-state index is 0.0352. The first-order valence-electron chi connectivity index (χ1n) is 9.47. The molecule has 1 aliphatic carbocycles. The Morgan fingerprint density at radius 1 is 0.812 bits per heavy atom. The summed E-state index contributed by atoms with van der Waals surface area (Å²) in [6, 6.07) is 1.91. The number of ether oxygens (including phenoxy) is 1. The van der Waals surface area contributed by atoms with Crippen LogP contribution in [-0.2, 0) is 6.11 Å². The van der Waals surface area contributed by atoms with Gasteiger partial charge in [-0.25, -0.2) is 13.2 Å². The summed E-state index contributed by atoms with van der Waals surface area (Å²) in [5.74, 6) is -8.13. The molecule has 0 aliphatic heterocycles. The van der Waals surface area contributed by atoms with Crippen LogP contribution in [0.25, 0.3) is 0 Å². The molecule has 0 amide bonds. The van der Waals surface area contributed by atoms with Crippen LogP contribution in [-0.4, -0.2) is 0 Å². The molecule has 2 aromatic carbocycles. The van der Waals surface area contributed by atoms with Gasteiger partial charge in [-0.3, -0.25) is 0 Å². The molecule has 1 saturated carbocycles. The highest BCUT2D eigenvalue weighted by molar-refractivity contribution is 8.45. The normalized spacial score (nSPS) is 22.2. The predicted octanol–water partition coefficient (Wildman–Crippen LogP) is 9.18. The SMILES string of the molecule is CC1CCC(c2ccc(C(F)(F)Oc3cc(F)c(S(F)(F)(F)(F)F)c(F)c3)c(F)c2)CC1. The second-order valence-electron chi connectivity index (χ2n) is 8.00. The lowest BCUT2D eigenvalue weighted by atomic mass is 9.79. The van der Waals surface area contributed by atoms with E-state index in [-0.39, 0.29) is 5.92 Å². The lowest BCUT2D eigenvalue weighted by Crippen LogP contribution is -2.24. The Hall–Kier alpha value is -2.11. The standard InChI is InChI=1S/C20H18F10OS/c1-11-2-4-12(5-3-11)13-6-7-15(16(21)8-13)20(24,25)31-14-9-17(22)19(18(23)10-14)32(26,27,28,29)30/h6-12H,2-5H2,1H3. The predicted molar refractivity (Wildman–Crippen MR) is 99.1 cm³/mol. The van der Waals surface area contributed by atoms with E-state index in [1.54, 1.807) is 0 Å². The van der Waals surface area contributed by atoms with Gasteiger partial charge in [0.2, 0.25) is 0 Å². The van der Waals surface area contributed by atoms with Crippen LogP contribution in [0, 0.1) is 23.4 Å². The first-order chi connectivity index (χ1) is 14.4. The summed E-state index contributed by atoms with van der Waals surface area (Å²) in [5, 5.41) is 0. The Kier molecular flexibility index (Phi) is 5.51. The zero-order valence-corrected chi connectivity index (χ0v) is 17.3. The highest BCUT2D eigenvalue weighted by Crippen LogP contribution is 3.02. The van der Waals surface area contributed by atoms with E-state index in [0.29, 0.717) is 17.5 Å². The fourth-order valence-electron chi connectivity index (χ4n) is 3.78. The van der Waals surface area contributed by atoms with Crippen molar-refractivity contribution >= 4 is 10.2 Å². The van der Waals surface area contributed by atoms with Gasteiger partial charge in [-0.1, -0.05) is 45.3 Å². The third-order valence-electron chi connectivity index (χ3n) is 5.40. The van der Waals surface area contributed by atoms with Gasteiger partial charge in [0.1, 0.15) is 11.6 Å². The number of halogens is 10. The van der Waals surface area contributed by atoms with Gasteiger partial charge in [-0.15, -0.1) is 0 Å². The van der Waals surface area contributed by atoms with Gasteiger partial charge < -0.3 is 4.74 Å². The zero-order chi connectivity index (χ0) is 24.2. The van der Waals surface area contributed by atoms with Crippen molar-refractivity contribution in [3.05, 3.63) is 58.9 Å². The smallest absolute Gasteiger partial charge is 0.429 e. The second kappa shape index (κ2) is 7.19. The summed E-state index contributed by atoms with van der Waals surface area (Å²) in [5.41, 5.74) is -0.852. The van der Waals surface area contributed by atoms with Crippen LogP contribution in [0.15, 0.2) is 35.2 Å². The number of hydrogen-bond acceptors (Lipinski definition) is 1. The summed E-state index contributed by atoms with van der Waals surface area (Å²) in [4.78, 5) is -3.47. The maximum Gasteiger partial charge on any atom is 0.429 e. The molecule has 3 rings (SSSR count). The Bertz CT molecular complexity index is 1000. The van der Waals surface area contributed by atoms with Crippen LogP contribution in [0.3, 0.4) is 0 Å². The maximum absolute atomic E-state index is 14.4. The minimum atomic E-state index is -10.8. The fraction of sp³-hybridized carbons (Fsp3) is 0.400. The minimum Gasteiger partial charge on any atom is -0.429 e. The molecule has 0 heterocycles. The van der Waals surface area contributed by atoms with E-state index in [1.165, 1.54) is 6.07 Å². The average Bonchev–Trinajstić information content (AvgIpc) is 2.58. The molecule has 2 aromatic rings. The molecule has 0 N–H and O–H groups in total. The van der Waals surface area contributed by atoms with Crippen molar-refractivity contribution in [1.29, 1.82) is 0 Å². The molecule has 32 heavy (non-hydrogen) atoms. The van der Waals surface area contributed by atoms with Crippen molar-refractivity contribution in [2.75, 3.05) is 0 Å². The molecular weight excluding hydrogens is 478 g/mol. The Balaban J connectivity index is 1.88. The van der Waals surface area contributed by atoms with Gasteiger partial charge in [0.15, 0.2) is 16.5 Å². The number of rotatable bonds is 5. The summed E-state index contributed by atoms with van der Waals surface area (Å²) in [6.07, 6.45) is -1.30. The quantitative estimate of drug-likeness (QED) is 0.375. The van der Waals surface area contributed by atoms with Crippen LogP contribution in [0.2, 0.25) is 0 Å². The van der Waals surface area contributed by atoms with E-state index in [0.717, 1.165) is 31.7 Å².